The van der Waals surface area contributed by atoms with E-state index in [-0.39, 0.29) is 11.6 Å². The highest BCUT2D eigenvalue weighted by molar-refractivity contribution is 7.16. The molecule has 0 saturated heterocycles. The van der Waals surface area contributed by atoms with Gasteiger partial charge in [0.25, 0.3) is 5.91 Å². The maximum atomic E-state index is 12.1. The monoisotopic (exact) mass is 449 g/mol. The summed E-state index contributed by atoms with van der Waals surface area (Å²) >= 11 is 12.9. The largest absolute Gasteiger partial charge is 0.489 e. The molecule has 1 N–H and O–H groups in total. The standard InChI is InChI=1S/C19H13Cl2N3O4S/c20-14-4-1-13(17(21)9-14)11-28-15-5-2-12(3-6-15)19(25)23-22-10-16-7-8-18(29-16)24(26)27/h1-10H,11H2,(H,23,25)/b22-10+. The number of hydrazone groups is 1. The highest BCUT2D eigenvalue weighted by atomic mass is 35.5. The van der Waals surface area contributed by atoms with Crippen molar-refractivity contribution in [2.75, 3.05) is 0 Å². The lowest BCUT2D eigenvalue weighted by atomic mass is 10.2. The first kappa shape index (κ1) is 20.8. The summed E-state index contributed by atoms with van der Waals surface area (Å²) in [5, 5.41) is 15.5. The zero-order chi connectivity index (χ0) is 20.8. The number of benzene rings is 2. The number of nitrogens with zero attached hydrogens (tertiary/aromatic N) is 2. The molecule has 0 aliphatic heterocycles. The van der Waals surface area contributed by atoms with Crippen LogP contribution < -0.4 is 10.2 Å². The van der Waals surface area contributed by atoms with Gasteiger partial charge in [-0.1, -0.05) is 40.6 Å². The number of nitrogens with one attached hydrogen (secondary N) is 1. The number of ether oxygens (including phenoxy) is 1. The second-order valence-electron chi connectivity index (χ2n) is 5.68. The van der Waals surface area contributed by atoms with E-state index in [4.69, 9.17) is 27.9 Å². The summed E-state index contributed by atoms with van der Waals surface area (Å²) in [4.78, 5) is 22.8. The van der Waals surface area contributed by atoms with Crippen LogP contribution in [-0.2, 0) is 6.61 Å². The molecule has 0 radical (unpaired) electrons. The Morgan fingerprint density at radius 2 is 1.93 bits per heavy atom. The Morgan fingerprint density at radius 1 is 1.17 bits per heavy atom. The van der Waals surface area contributed by atoms with Crippen molar-refractivity contribution < 1.29 is 14.5 Å². The zero-order valence-electron chi connectivity index (χ0n) is 14.7. The lowest BCUT2D eigenvalue weighted by Gasteiger charge is -2.08. The lowest BCUT2D eigenvalue weighted by Crippen LogP contribution is -2.17. The maximum absolute atomic E-state index is 12.1. The molecular weight excluding hydrogens is 437 g/mol. The fraction of sp³-hybridized carbons (Fsp3) is 0.0526. The molecule has 7 nitrogen and oxygen atoms in total. The predicted octanol–water partition coefficient (Wildman–Crippen LogP) is 5.31. The van der Waals surface area contributed by atoms with Gasteiger partial charge in [0.15, 0.2) is 0 Å². The lowest BCUT2D eigenvalue weighted by molar-refractivity contribution is -0.380. The van der Waals surface area contributed by atoms with Crippen molar-refractivity contribution in [2.45, 2.75) is 6.61 Å². The van der Waals surface area contributed by atoms with Crippen molar-refractivity contribution in [2.24, 2.45) is 5.10 Å². The average Bonchev–Trinajstić information content (AvgIpc) is 3.17. The smallest absolute Gasteiger partial charge is 0.324 e. The molecule has 2 aromatic carbocycles. The Hall–Kier alpha value is -2.94. The zero-order valence-corrected chi connectivity index (χ0v) is 17.0. The Morgan fingerprint density at radius 3 is 2.59 bits per heavy atom. The first-order valence-electron chi connectivity index (χ1n) is 8.17. The summed E-state index contributed by atoms with van der Waals surface area (Å²) in [6.07, 6.45) is 1.35. The minimum atomic E-state index is -0.481. The van der Waals surface area contributed by atoms with Gasteiger partial charge >= 0.3 is 5.00 Å². The molecule has 0 fully saturated rings. The SMILES string of the molecule is O=C(N/N=C/c1ccc([N+](=O)[O-])s1)c1ccc(OCc2ccc(Cl)cc2Cl)cc1. The van der Waals surface area contributed by atoms with Gasteiger partial charge in [0.2, 0.25) is 0 Å². The van der Waals surface area contributed by atoms with Gasteiger partial charge in [0, 0.05) is 27.2 Å². The number of halogens is 2. The highest BCUT2D eigenvalue weighted by Crippen LogP contribution is 2.23. The van der Waals surface area contributed by atoms with Gasteiger partial charge in [-0.2, -0.15) is 5.10 Å². The van der Waals surface area contributed by atoms with Crippen LogP contribution in [0, 0.1) is 10.1 Å². The molecule has 0 unspecified atom stereocenters. The number of hydrogen-bond donors (Lipinski definition) is 1. The van der Waals surface area contributed by atoms with Crippen molar-refractivity contribution in [1.29, 1.82) is 0 Å². The number of thiophene rings is 1. The van der Waals surface area contributed by atoms with E-state index in [1.807, 2.05) is 0 Å². The second kappa shape index (κ2) is 9.51. The third kappa shape index (κ3) is 5.77. The molecule has 3 aromatic rings. The average molecular weight is 450 g/mol. The fourth-order valence-electron chi connectivity index (χ4n) is 2.23. The van der Waals surface area contributed by atoms with Crippen molar-refractivity contribution in [3.8, 4) is 5.75 Å². The third-order valence-corrected chi connectivity index (χ3v) is 5.23. The van der Waals surface area contributed by atoms with Crippen LogP contribution in [0.25, 0.3) is 0 Å². The minimum Gasteiger partial charge on any atom is -0.489 e. The Labute approximate surface area is 179 Å². The molecule has 1 heterocycles. The summed E-state index contributed by atoms with van der Waals surface area (Å²) in [7, 11) is 0. The number of carbonyl (C=O) groups excluding carboxylic acids is 1. The molecule has 0 aliphatic rings. The summed E-state index contributed by atoms with van der Waals surface area (Å²) in [6, 6.07) is 14.6. The van der Waals surface area contributed by atoms with Crippen molar-refractivity contribution in [3.63, 3.8) is 0 Å². The summed E-state index contributed by atoms with van der Waals surface area (Å²) < 4.78 is 5.67. The predicted molar refractivity (Wildman–Crippen MR) is 113 cm³/mol. The van der Waals surface area contributed by atoms with Crippen LogP contribution in [-0.4, -0.2) is 17.0 Å². The summed E-state index contributed by atoms with van der Waals surface area (Å²) in [5.41, 5.74) is 3.55. The van der Waals surface area contributed by atoms with Crippen molar-refractivity contribution in [1.82, 2.24) is 5.43 Å². The van der Waals surface area contributed by atoms with E-state index in [1.54, 1.807) is 48.5 Å². The molecule has 1 aromatic heterocycles. The molecule has 3 rings (SSSR count). The van der Waals surface area contributed by atoms with Gasteiger partial charge in [-0.3, -0.25) is 14.9 Å². The molecule has 1 amide bonds. The molecule has 0 atom stereocenters. The molecule has 0 bridgehead atoms. The van der Waals surface area contributed by atoms with Crippen LogP contribution in [0.3, 0.4) is 0 Å². The summed E-state index contributed by atoms with van der Waals surface area (Å²) in [6.45, 7) is 0.263. The van der Waals surface area contributed by atoms with Crippen LogP contribution in [0.2, 0.25) is 10.0 Å². The number of carbonyl (C=O) groups is 1. The molecular formula is C19H13Cl2N3O4S. The number of rotatable bonds is 7. The van der Waals surface area contributed by atoms with E-state index >= 15 is 0 Å². The molecule has 0 spiro atoms. The van der Waals surface area contributed by atoms with Gasteiger partial charge in [-0.15, -0.1) is 0 Å². The Bertz CT molecular complexity index is 1070. The van der Waals surface area contributed by atoms with Gasteiger partial charge in [-0.25, -0.2) is 5.43 Å². The Kier molecular flexibility index (Phi) is 6.82. The quantitative estimate of drug-likeness (QED) is 0.300. The second-order valence-corrected chi connectivity index (χ2v) is 7.62. The number of amides is 1. The number of hydrogen-bond acceptors (Lipinski definition) is 6. The molecule has 29 heavy (non-hydrogen) atoms. The fourth-order valence-corrected chi connectivity index (χ4v) is 3.39. The molecule has 148 valence electrons. The van der Waals surface area contributed by atoms with Gasteiger partial charge in [0.05, 0.1) is 16.0 Å². The van der Waals surface area contributed by atoms with Crippen LogP contribution in [0.5, 0.6) is 5.75 Å². The molecule has 0 saturated carbocycles. The highest BCUT2D eigenvalue weighted by Gasteiger charge is 2.09. The Balaban J connectivity index is 1.54. The van der Waals surface area contributed by atoms with Gasteiger partial charge < -0.3 is 4.74 Å². The van der Waals surface area contributed by atoms with Crippen LogP contribution in [0.1, 0.15) is 20.8 Å². The first-order valence-corrected chi connectivity index (χ1v) is 9.74. The van der Waals surface area contributed by atoms with Crippen LogP contribution in [0.4, 0.5) is 5.00 Å². The van der Waals surface area contributed by atoms with E-state index in [0.29, 0.717) is 26.2 Å². The maximum Gasteiger partial charge on any atom is 0.324 e. The van der Waals surface area contributed by atoms with E-state index in [9.17, 15) is 14.9 Å². The van der Waals surface area contributed by atoms with E-state index in [2.05, 4.69) is 10.5 Å². The topological polar surface area (TPSA) is 93.8 Å². The third-order valence-electron chi connectivity index (χ3n) is 3.68. The summed E-state index contributed by atoms with van der Waals surface area (Å²) in [5.74, 6) is 0.154. The van der Waals surface area contributed by atoms with Crippen molar-refractivity contribution in [3.05, 3.63) is 90.8 Å². The van der Waals surface area contributed by atoms with E-state index in [1.165, 1.54) is 12.3 Å². The van der Waals surface area contributed by atoms with E-state index < -0.39 is 10.8 Å². The van der Waals surface area contributed by atoms with Gasteiger partial charge in [0.1, 0.15) is 12.4 Å². The van der Waals surface area contributed by atoms with Crippen LogP contribution in [0.15, 0.2) is 59.7 Å². The molecule has 0 aliphatic carbocycles. The normalized spacial score (nSPS) is 10.8. The first-order chi connectivity index (χ1) is 13.9. The van der Waals surface area contributed by atoms with Crippen molar-refractivity contribution >= 4 is 51.7 Å². The number of nitro groups is 1. The van der Waals surface area contributed by atoms with Gasteiger partial charge in [-0.05, 0) is 42.5 Å². The van der Waals surface area contributed by atoms with Crippen LogP contribution >= 0.6 is 34.5 Å². The molecule has 10 heteroatoms. The minimum absolute atomic E-state index is 0.00764. The van der Waals surface area contributed by atoms with E-state index in [0.717, 1.165) is 16.9 Å².